The van der Waals surface area contributed by atoms with Crippen molar-refractivity contribution in [2.45, 2.75) is 13.3 Å². The molecule has 16 heavy (non-hydrogen) atoms. The van der Waals surface area contributed by atoms with Gasteiger partial charge in [0.15, 0.2) is 0 Å². The van der Waals surface area contributed by atoms with Gasteiger partial charge in [0, 0.05) is 0 Å². The van der Waals surface area contributed by atoms with Crippen molar-refractivity contribution in [3.8, 4) is 6.01 Å². The van der Waals surface area contributed by atoms with Gasteiger partial charge < -0.3 is 14.8 Å². The van der Waals surface area contributed by atoms with Crippen molar-refractivity contribution in [3.05, 3.63) is 23.8 Å². The van der Waals surface area contributed by atoms with Crippen molar-refractivity contribution in [1.82, 2.24) is 9.97 Å². The van der Waals surface area contributed by atoms with Gasteiger partial charge in [0.1, 0.15) is 0 Å². The molecule has 1 aromatic carbocycles. The normalized spacial score (nSPS) is 10.6. The summed E-state index contributed by atoms with van der Waals surface area (Å²) in [5, 5.41) is 8.68. The van der Waals surface area contributed by atoms with E-state index in [-0.39, 0.29) is 6.42 Å². The van der Waals surface area contributed by atoms with Gasteiger partial charge in [0.05, 0.1) is 24.1 Å². The number of aromatic amines is 1. The number of imidazole rings is 1. The van der Waals surface area contributed by atoms with Crippen LogP contribution in [0.2, 0.25) is 0 Å². The van der Waals surface area contributed by atoms with Crippen LogP contribution in [-0.2, 0) is 11.2 Å². The first-order valence-corrected chi connectivity index (χ1v) is 5.02. The van der Waals surface area contributed by atoms with Crippen LogP contribution in [0.25, 0.3) is 11.0 Å². The number of rotatable bonds is 4. The fraction of sp³-hybridized carbons (Fsp3) is 0.273. The van der Waals surface area contributed by atoms with E-state index >= 15 is 0 Å². The summed E-state index contributed by atoms with van der Waals surface area (Å²) in [6.45, 7) is 2.42. The summed E-state index contributed by atoms with van der Waals surface area (Å²) in [4.78, 5) is 17.8. The lowest BCUT2D eigenvalue weighted by molar-refractivity contribution is -0.136. The lowest BCUT2D eigenvalue weighted by Gasteiger charge is -1.95. The van der Waals surface area contributed by atoms with Crippen LogP contribution >= 0.6 is 0 Å². The van der Waals surface area contributed by atoms with Crippen LogP contribution in [0, 0.1) is 0 Å². The smallest absolute Gasteiger partial charge is 0.307 e. The van der Waals surface area contributed by atoms with Crippen molar-refractivity contribution in [3.63, 3.8) is 0 Å². The van der Waals surface area contributed by atoms with Crippen LogP contribution in [0.3, 0.4) is 0 Å². The molecule has 0 saturated heterocycles. The number of H-pyrrole nitrogens is 1. The van der Waals surface area contributed by atoms with E-state index in [1.54, 1.807) is 12.1 Å². The van der Waals surface area contributed by atoms with E-state index in [1.807, 2.05) is 13.0 Å². The Morgan fingerprint density at radius 3 is 3.06 bits per heavy atom. The molecule has 0 amide bonds. The summed E-state index contributed by atoms with van der Waals surface area (Å²) >= 11 is 0. The Hall–Kier alpha value is -2.04. The number of carboxylic acids is 1. The number of benzene rings is 1. The highest BCUT2D eigenvalue weighted by Gasteiger charge is 2.06. The highest BCUT2D eigenvalue weighted by molar-refractivity contribution is 5.78. The number of hydrogen-bond donors (Lipinski definition) is 2. The summed E-state index contributed by atoms with van der Waals surface area (Å²) in [6, 6.07) is 5.79. The first kappa shape index (κ1) is 10.5. The Balaban J connectivity index is 2.33. The Morgan fingerprint density at radius 1 is 1.56 bits per heavy atom. The molecule has 0 fully saturated rings. The molecule has 0 radical (unpaired) electrons. The molecular weight excluding hydrogens is 208 g/mol. The molecule has 5 heteroatoms. The molecule has 0 aliphatic heterocycles. The molecule has 2 rings (SSSR count). The molecule has 84 valence electrons. The topological polar surface area (TPSA) is 75.2 Å². The standard InChI is InChI=1S/C11H12N2O3/c1-2-16-11-12-8-4-3-7(6-10(14)15)5-9(8)13-11/h3-5H,2,6H2,1H3,(H,12,13)(H,14,15). The number of fused-ring (bicyclic) bond motifs is 1. The van der Waals surface area contributed by atoms with Gasteiger partial charge in [-0.1, -0.05) is 6.07 Å². The molecule has 0 aliphatic rings. The minimum Gasteiger partial charge on any atom is -0.481 e. The minimum atomic E-state index is -0.847. The highest BCUT2D eigenvalue weighted by atomic mass is 16.5. The molecular formula is C11H12N2O3. The minimum absolute atomic E-state index is 0.00671. The maximum absolute atomic E-state index is 10.6. The lowest BCUT2D eigenvalue weighted by atomic mass is 10.1. The Kier molecular flexibility index (Phi) is 2.76. The average molecular weight is 220 g/mol. The first-order chi connectivity index (χ1) is 7.69. The SMILES string of the molecule is CCOc1nc2cc(CC(=O)O)ccc2[nH]1. The van der Waals surface area contributed by atoms with Gasteiger partial charge in [-0.05, 0) is 24.6 Å². The average Bonchev–Trinajstić information content (AvgIpc) is 2.59. The van der Waals surface area contributed by atoms with E-state index in [4.69, 9.17) is 9.84 Å². The van der Waals surface area contributed by atoms with E-state index < -0.39 is 5.97 Å². The summed E-state index contributed by atoms with van der Waals surface area (Å²) in [6.07, 6.45) is 0.00671. The van der Waals surface area contributed by atoms with Crippen LogP contribution in [0.4, 0.5) is 0 Å². The van der Waals surface area contributed by atoms with E-state index in [0.29, 0.717) is 12.6 Å². The predicted octanol–water partition coefficient (Wildman–Crippen LogP) is 1.59. The molecule has 1 heterocycles. The molecule has 0 bridgehead atoms. The van der Waals surface area contributed by atoms with Gasteiger partial charge in [-0.25, -0.2) is 0 Å². The van der Waals surface area contributed by atoms with Crippen LogP contribution in [0.15, 0.2) is 18.2 Å². The van der Waals surface area contributed by atoms with E-state index in [1.165, 1.54) is 0 Å². The van der Waals surface area contributed by atoms with Crippen molar-refractivity contribution in [2.24, 2.45) is 0 Å². The van der Waals surface area contributed by atoms with Crippen molar-refractivity contribution in [2.75, 3.05) is 6.61 Å². The molecule has 5 nitrogen and oxygen atoms in total. The van der Waals surface area contributed by atoms with Crippen LogP contribution in [-0.4, -0.2) is 27.7 Å². The third-order valence-corrected chi connectivity index (χ3v) is 2.16. The predicted molar refractivity (Wildman–Crippen MR) is 58.6 cm³/mol. The molecule has 0 saturated carbocycles. The monoisotopic (exact) mass is 220 g/mol. The molecule has 0 spiro atoms. The van der Waals surface area contributed by atoms with Gasteiger partial charge in [-0.2, -0.15) is 4.98 Å². The van der Waals surface area contributed by atoms with Gasteiger partial charge in [0.2, 0.25) is 0 Å². The van der Waals surface area contributed by atoms with Gasteiger partial charge in [-0.3, -0.25) is 4.79 Å². The van der Waals surface area contributed by atoms with Crippen molar-refractivity contribution in [1.29, 1.82) is 0 Å². The number of hydrogen-bond acceptors (Lipinski definition) is 3. The fourth-order valence-electron chi connectivity index (χ4n) is 1.52. The Labute approximate surface area is 92.1 Å². The second-order valence-corrected chi connectivity index (χ2v) is 3.40. The quantitative estimate of drug-likeness (QED) is 0.820. The molecule has 0 aliphatic carbocycles. The molecule has 2 aromatic rings. The lowest BCUT2D eigenvalue weighted by Crippen LogP contribution is -1.99. The Bertz CT molecular complexity index is 519. The van der Waals surface area contributed by atoms with Crippen LogP contribution in [0.5, 0.6) is 6.01 Å². The van der Waals surface area contributed by atoms with E-state index in [2.05, 4.69) is 9.97 Å². The van der Waals surface area contributed by atoms with Crippen molar-refractivity contribution < 1.29 is 14.6 Å². The van der Waals surface area contributed by atoms with E-state index in [9.17, 15) is 4.79 Å². The second kappa shape index (κ2) is 4.22. The summed E-state index contributed by atoms with van der Waals surface area (Å²) in [7, 11) is 0. The summed E-state index contributed by atoms with van der Waals surface area (Å²) in [5.74, 6) is -0.847. The van der Waals surface area contributed by atoms with Gasteiger partial charge in [-0.15, -0.1) is 0 Å². The van der Waals surface area contributed by atoms with Gasteiger partial charge >= 0.3 is 5.97 Å². The third-order valence-electron chi connectivity index (χ3n) is 2.16. The fourth-order valence-corrected chi connectivity index (χ4v) is 1.52. The maximum Gasteiger partial charge on any atom is 0.307 e. The number of nitrogens with zero attached hydrogens (tertiary/aromatic N) is 1. The maximum atomic E-state index is 10.6. The molecule has 0 atom stereocenters. The van der Waals surface area contributed by atoms with Crippen LogP contribution in [0.1, 0.15) is 12.5 Å². The number of ether oxygens (including phenoxy) is 1. The summed E-state index contributed by atoms with van der Waals surface area (Å²) < 4.78 is 5.23. The number of carbonyl (C=O) groups is 1. The molecule has 1 aromatic heterocycles. The third kappa shape index (κ3) is 2.13. The zero-order valence-corrected chi connectivity index (χ0v) is 8.86. The zero-order valence-electron chi connectivity index (χ0n) is 8.86. The van der Waals surface area contributed by atoms with E-state index in [0.717, 1.165) is 16.6 Å². The highest BCUT2D eigenvalue weighted by Crippen LogP contribution is 2.17. The van der Waals surface area contributed by atoms with Crippen molar-refractivity contribution >= 4 is 17.0 Å². The largest absolute Gasteiger partial charge is 0.481 e. The first-order valence-electron chi connectivity index (χ1n) is 5.02. The molecule has 2 N–H and O–H groups in total. The number of aliphatic carboxylic acids is 1. The Morgan fingerprint density at radius 2 is 2.38 bits per heavy atom. The second-order valence-electron chi connectivity index (χ2n) is 3.40. The van der Waals surface area contributed by atoms with Gasteiger partial charge in [0.25, 0.3) is 6.01 Å². The summed E-state index contributed by atoms with van der Waals surface area (Å²) in [5.41, 5.74) is 2.30. The van der Waals surface area contributed by atoms with Crippen LogP contribution < -0.4 is 4.74 Å². The number of aromatic nitrogens is 2. The molecule has 0 unspecified atom stereocenters. The number of nitrogens with one attached hydrogen (secondary N) is 1. The zero-order chi connectivity index (χ0) is 11.5. The number of carboxylic acid groups (broad SMARTS) is 1.